The van der Waals surface area contributed by atoms with Crippen LogP contribution in [0.25, 0.3) is 16.7 Å². The molecule has 3 aromatic rings. The van der Waals surface area contributed by atoms with Gasteiger partial charge in [0, 0.05) is 4.47 Å². The third-order valence-electron chi connectivity index (χ3n) is 3.61. The topological polar surface area (TPSA) is 17.8 Å². The highest BCUT2D eigenvalue weighted by molar-refractivity contribution is 9.10. The van der Waals surface area contributed by atoms with Crippen molar-refractivity contribution in [1.82, 2.24) is 9.55 Å². The summed E-state index contributed by atoms with van der Waals surface area (Å²) in [5.41, 5.74) is 4.49. The summed E-state index contributed by atoms with van der Waals surface area (Å²) < 4.78 is 3.21. The van der Waals surface area contributed by atoms with Crippen LogP contribution >= 0.6 is 27.5 Å². The van der Waals surface area contributed by atoms with Gasteiger partial charge in [0.05, 0.1) is 22.6 Å². The third-order valence-corrected chi connectivity index (χ3v) is 4.34. The van der Waals surface area contributed by atoms with Crippen LogP contribution in [0.1, 0.15) is 31.2 Å². The zero-order valence-electron chi connectivity index (χ0n) is 12.0. The molecule has 1 aromatic heterocycles. The van der Waals surface area contributed by atoms with Gasteiger partial charge in [0.25, 0.3) is 0 Å². The highest BCUT2D eigenvalue weighted by Gasteiger charge is 2.15. The fourth-order valence-electron chi connectivity index (χ4n) is 2.64. The van der Waals surface area contributed by atoms with E-state index < -0.39 is 0 Å². The van der Waals surface area contributed by atoms with Gasteiger partial charge in [-0.2, -0.15) is 0 Å². The number of rotatable bonds is 3. The summed E-state index contributed by atoms with van der Waals surface area (Å²) in [5, 5.41) is 0. The molecule has 0 spiro atoms. The van der Waals surface area contributed by atoms with Gasteiger partial charge in [0.2, 0.25) is 0 Å². The van der Waals surface area contributed by atoms with Crippen LogP contribution in [-0.4, -0.2) is 9.55 Å². The van der Waals surface area contributed by atoms with Crippen LogP contribution in [0.5, 0.6) is 0 Å². The lowest BCUT2D eigenvalue weighted by Gasteiger charge is -2.16. The third kappa shape index (κ3) is 2.60. The van der Waals surface area contributed by atoms with Crippen LogP contribution in [0.4, 0.5) is 0 Å². The Morgan fingerprint density at radius 1 is 1.19 bits per heavy atom. The van der Waals surface area contributed by atoms with E-state index in [0.717, 1.165) is 27.0 Å². The molecule has 0 radical (unpaired) electrons. The monoisotopic (exact) mass is 362 g/mol. The van der Waals surface area contributed by atoms with Gasteiger partial charge in [-0.05, 0) is 35.7 Å². The largest absolute Gasteiger partial charge is 0.295 e. The van der Waals surface area contributed by atoms with Crippen molar-refractivity contribution < 1.29 is 0 Å². The predicted octanol–water partition coefficient (Wildman–Crippen LogP) is 5.65. The summed E-state index contributed by atoms with van der Waals surface area (Å²) in [6, 6.07) is 14.6. The summed E-state index contributed by atoms with van der Waals surface area (Å²) in [7, 11) is 0. The Morgan fingerprint density at radius 2 is 1.95 bits per heavy atom. The molecule has 0 unspecified atom stereocenters. The molecule has 0 N–H and O–H groups in total. The van der Waals surface area contributed by atoms with Gasteiger partial charge >= 0.3 is 0 Å². The first kappa shape index (κ1) is 14.6. The van der Waals surface area contributed by atoms with Gasteiger partial charge in [-0.25, -0.2) is 4.98 Å². The standard InChI is InChI=1S/C17H16BrClN2/c1-11(2)13-5-3-4-6-15(13)21-16-9-12(18)7-8-14(16)20-17(21)10-19/h3-9,11H,10H2,1-2H3. The minimum atomic E-state index is 0.388. The molecule has 3 rings (SSSR count). The lowest BCUT2D eigenvalue weighted by atomic mass is 10.0. The first-order valence-electron chi connectivity index (χ1n) is 6.94. The quantitative estimate of drug-likeness (QED) is 0.550. The second-order valence-electron chi connectivity index (χ2n) is 5.34. The van der Waals surface area contributed by atoms with Crippen molar-refractivity contribution >= 4 is 38.6 Å². The number of fused-ring (bicyclic) bond motifs is 1. The van der Waals surface area contributed by atoms with E-state index in [4.69, 9.17) is 11.6 Å². The van der Waals surface area contributed by atoms with Gasteiger partial charge in [0.15, 0.2) is 0 Å². The maximum absolute atomic E-state index is 6.13. The average molecular weight is 364 g/mol. The molecule has 0 aliphatic heterocycles. The van der Waals surface area contributed by atoms with Gasteiger partial charge < -0.3 is 0 Å². The van der Waals surface area contributed by atoms with Crippen molar-refractivity contribution in [2.45, 2.75) is 25.6 Å². The molecule has 2 aromatic carbocycles. The smallest absolute Gasteiger partial charge is 0.129 e. The van der Waals surface area contributed by atoms with Crippen molar-refractivity contribution in [1.29, 1.82) is 0 Å². The second kappa shape index (κ2) is 5.82. The lowest BCUT2D eigenvalue weighted by Crippen LogP contribution is -2.04. The van der Waals surface area contributed by atoms with Gasteiger partial charge in [-0.3, -0.25) is 4.57 Å². The Balaban J connectivity index is 2.36. The van der Waals surface area contributed by atoms with Crippen LogP contribution in [-0.2, 0) is 5.88 Å². The van der Waals surface area contributed by atoms with Crippen molar-refractivity contribution in [3.8, 4) is 5.69 Å². The van der Waals surface area contributed by atoms with Crippen LogP contribution in [0.2, 0.25) is 0 Å². The van der Waals surface area contributed by atoms with E-state index in [1.165, 1.54) is 5.56 Å². The minimum Gasteiger partial charge on any atom is -0.295 e. The molecule has 1 heterocycles. The average Bonchev–Trinajstić information content (AvgIpc) is 2.84. The number of halogens is 2. The Labute approximate surface area is 137 Å². The SMILES string of the molecule is CC(C)c1ccccc1-n1c(CCl)nc2ccc(Br)cc21. The van der Waals surface area contributed by atoms with Crippen molar-refractivity contribution in [3.63, 3.8) is 0 Å². The van der Waals surface area contributed by atoms with Crippen LogP contribution in [0, 0.1) is 0 Å². The number of para-hydroxylation sites is 1. The van der Waals surface area contributed by atoms with Crippen molar-refractivity contribution in [2.75, 3.05) is 0 Å². The molecule has 0 fully saturated rings. The number of imidazole rings is 1. The molecule has 4 heteroatoms. The Kier molecular flexibility index (Phi) is 4.05. The maximum atomic E-state index is 6.13. The fourth-order valence-corrected chi connectivity index (χ4v) is 3.16. The van der Waals surface area contributed by atoms with E-state index in [1.807, 2.05) is 12.1 Å². The normalized spacial score (nSPS) is 11.5. The number of benzene rings is 2. The molecule has 21 heavy (non-hydrogen) atoms. The number of hydrogen-bond donors (Lipinski definition) is 0. The lowest BCUT2D eigenvalue weighted by molar-refractivity contribution is 0.841. The highest BCUT2D eigenvalue weighted by Crippen LogP contribution is 2.30. The molecule has 0 saturated heterocycles. The molecule has 0 bridgehead atoms. The van der Waals surface area contributed by atoms with Crippen molar-refractivity contribution in [2.24, 2.45) is 0 Å². The van der Waals surface area contributed by atoms with Crippen LogP contribution in [0.3, 0.4) is 0 Å². The van der Waals surface area contributed by atoms with Gasteiger partial charge in [0.1, 0.15) is 5.82 Å². The summed E-state index contributed by atoms with van der Waals surface area (Å²) in [6.45, 7) is 4.41. The molecule has 108 valence electrons. The molecule has 0 saturated carbocycles. The Hall–Kier alpha value is -1.32. The molecule has 0 aliphatic rings. The summed E-state index contributed by atoms with van der Waals surface area (Å²) in [6.07, 6.45) is 0. The molecular weight excluding hydrogens is 348 g/mol. The Bertz CT molecular complexity index is 793. The summed E-state index contributed by atoms with van der Waals surface area (Å²) >= 11 is 9.67. The predicted molar refractivity (Wildman–Crippen MR) is 92.4 cm³/mol. The minimum absolute atomic E-state index is 0.388. The van der Waals surface area contributed by atoms with E-state index in [2.05, 4.69) is 69.7 Å². The molecule has 0 amide bonds. The van der Waals surface area contributed by atoms with E-state index in [0.29, 0.717) is 11.8 Å². The van der Waals surface area contributed by atoms with Gasteiger partial charge in [-0.15, -0.1) is 11.6 Å². The molecule has 0 atom stereocenters. The van der Waals surface area contributed by atoms with E-state index >= 15 is 0 Å². The van der Waals surface area contributed by atoms with E-state index in [-0.39, 0.29) is 0 Å². The summed E-state index contributed by atoms with van der Waals surface area (Å²) in [4.78, 5) is 4.66. The Morgan fingerprint density at radius 3 is 2.67 bits per heavy atom. The highest BCUT2D eigenvalue weighted by atomic mass is 79.9. The number of nitrogens with zero attached hydrogens (tertiary/aromatic N) is 2. The fraction of sp³-hybridized carbons (Fsp3) is 0.235. The van der Waals surface area contributed by atoms with Gasteiger partial charge in [-0.1, -0.05) is 48.0 Å². The van der Waals surface area contributed by atoms with Crippen LogP contribution in [0.15, 0.2) is 46.9 Å². The first-order chi connectivity index (χ1) is 10.1. The second-order valence-corrected chi connectivity index (χ2v) is 6.53. The number of alkyl halides is 1. The maximum Gasteiger partial charge on any atom is 0.129 e. The van der Waals surface area contributed by atoms with Crippen LogP contribution < -0.4 is 0 Å². The zero-order valence-corrected chi connectivity index (χ0v) is 14.3. The number of aromatic nitrogens is 2. The molecule has 2 nitrogen and oxygen atoms in total. The zero-order chi connectivity index (χ0) is 15.0. The number of hydrogen-bond acceptors (Lipinski definition) is 1. The molecule has 0 aliphatic carbocycles. The first-order valence-corrected chi connectivity index (χ1v) is 8.26. The van der Waals surface area contributed by atoms with E-state index in [9.17, 15) is 0 Å². The summed E-state index contributed by atoms with van der Waals surface area (Å²) in [5.74, 6) is 1.70. The van der Waals surface area contributed by atoms with Crippen molar-refractivity contribution in [3.05, 3.63) is 58.3 Å². The molecular formula is C17H16BrClN2. The van der Waals surface area contributed by atoms with E-state index in [1.54, 1.807) is 0 Å².